The molecule has 4 aromatic rings. The molecule has 0 amide bonds. The zero-order chi connectivity index (χ0) is 26.9. The van der Waals surface area contributed by atoms with Crippen molar-refractivity contribution in [2.24, 2.45) is 0 Å². The number of ether oxygens (including phenoxy) is 1. The number of rotatable bonds is 9. The van der Waals surface area contributed by atoms with Crippen LogP contribution in [0.3, 0.4) is 0 Å². The van der Waals surface area contributed by atoms with Gasteiger partial charge in [-0.05, 0) is 42.7 Å². The number of carbonyl (C=O) groups is 1. The fourth-order valence-corrected chi connectivity index (χ4v) is 5.60. The number of halogens is 3. The van der Waals surface area contributed by atoms with Crippen LogP contribution in [-0.2, 0) is 23.9 Å². The molecule has 2 heterocycles. The molecule has 5 nitrogen and oxygen atoms in total. The van der Waals surface area contributed by atoms with Crippen molar-refractivity contribution in [3.63, 3.8) is 0 Å². The highest BCUT2D eigenvalue weighted by Gasteiger charge is 2.30. The van der Waals surface area contributed by atoms with Crippen LogP contribution in [0.2, 0.25) is 0 Å². The SMILES string of the molecule is CCn1cc(CC(=O)O)c2ccc(OC[C@H](C)c3sc(-c4ccc(C(F)(F)F)cc4)nc3C(C)C)cc21. The average molecular weight is 531 g/mol. The van der Waals surface area contributed by atoms with Gasteiger partial charge < -0.3 is 14.4 Å². The Hall–Kier alpha value is -3.33. The van der Waals surface area contributed by atoms with E-state index in [-0.39, 0.29) is 18.3 Å². The summed E-state index contributed by atoms with van der Waals surface area (Å²) in [6, 6.07) is 10.8. The first-order valence-corrected chi connectivity index (χ1v) is 12.9. The minimum atomic E-state index is -4.37. The normalized spacial score (nSPS) is 12.9. The number of carboxylic acids is 1. The number of alkyl halides is 3. The highest BCUT2D eigenvalue weighted by atomic mass is 32.1. The number of hydrogen-bond donors (Lipinski definition) is 1. The molecule has 0 fully saturated rings. The molecule has 0 saturated carbocycles. The molecular weight excluding hydrogens is 501 g/mol. The number of thiazole rings is 1. The quantitative estimate of drug-likeness (QED) is 0.240. The second-order valence-corrected chi connectivity index (χ2v) is 10.4. The Bertz CT molecular complexity index is 1400. The highest BCUT2D eigenvalue weighted by Crippen LogP contribution is 2.38. The van der Waals surface area contributed by atoms with E-state index in [1.807, 2.05) is 56.7 Å². The molecule has 4 rings (SSSR count). The van der Waals surface area contributed by atoms with E-state index in [0.29, 0.717) is 29.5 Å². The summed E-state index contributed by atoms with van der Waals surface area (Å²) < 4.78 is 47.0. The number of aromatic nitrogens is 2. The van der Waals surface area contributed by atoms with E-state index in [0.717, 1.165) is 39.2 Å². The largest absolute Gasteiger partial charge is 0.493 e. The van der Waals surface area contributed by atoms with Gasteiger partial charge >= 0.3 is 12.1 Å². The maximum absolute atomic E-state index is 13.0. The fourth-order valence-electron chi connectivity index (χ4n) is 4.34. The van der Waals surface area contributed by atoms with Crippen LogP contribution in [0, 0.1) is 0 Å². The van der Waals surface area contributed by atoms with Gasteiger partial charge in [-0.3, -0.25) is 4.79 Å². The van der Waals surface area contributed by atoms with Crippen molar-refractivity contribution >= 4 is 28.2 Å². The van der Waals surface area contributed by atoms with E-state index < -0.39 is 17.7 Å². The highest BCUT2D eigenvalue weighted by molar-refractivity contribution is 7.15. The first-order valence-electron chi connectivity index (χ1n) is 12.1. The maximum Gasteiger partial charge on any atom is 0.416 e. The lowest BCUT2D eigenvalue weighted by Crippen LogP contribution is -2.08. The van der Waals surface area contributed by atoms with Crippen molar-refractivity contribution in [1.29, 1.82) is 0 Å². The topological polar surface area (TPSA) is 64.4 Å². The van der Waals surface area contributed by atoms with Gasteiger partial charge in [0.1, 0.15) is 10.8 Å². The molecule has 0 saturated heterocycles. The molecule has 0 aliphatic heterocycles. The average Bonchev–Trinajstić information content (AvgIpc) is 3.44. The number of fused-ring (bicyclic) bond motifs is 1. The Kier molecular flexibility index (Phi) is 7.64. The van der Waals surface area contributed by atoms with Crippen LogP contribution in [0.25, 0.3) is 21.5 Å². The lowest BCUT2D eigenvalue weighted by molar-refractivity contribution is -0.138. The van der Waals surface area contributed by atoms with Crippen LogP contribution in [0.4, 0.5) is 13.2 Å². The molecule has 0 bridgehead atoms. The first-order chi connectivity index (χ1) is 17.5. The number of aliphatic carboxylic acids is 1. The Morgan fingerprint density at radius 3 is 2.43 bits per heavy atom. The number of nitrogens with zero attached hydrogens (tertiary/aromatic N) is 2. The molecule has 37 heavy (non-hydrogen) atoms. The van der Waals surface area contributed by atoms with Crippen molar-refractivity contribution in [2.75, 3.05) is 6.61 Å². The van der Waals surface area contributed by atoms with E-state index in [4.69, 9.17) is 9.72 Å². The van der Waals surface area contributed by atoms with Crippen molar-refractivity contribution in [3.05, 3.63) is 70.4 Å². The third-order valence-electron chi connectivity index (χ3n) is 6.25. The monoisotopic (exact) mass is 530 g/mol. The lowest BCUT2D eigenvalue weighted by Gasteiger charge is -2.15. The van der Waals surface area contributed by atoms with Crippen molar-refractivity contribution < 1.29 is 27.8 Å². The van der Waals surface area contributed by atoms with Gasteiger partial charge in [0, 0.05) is 40.6 Å². The van der Waals surface area contributed by atoms with Gasteiger partial charge in [0.2, 0.25) is 0 Å². The standard InChI is InChI=1S/C28H29F3N2O3S/c1-5-33-14-19(12-24(34)35)22-11-10-21(13-23(22)33)36-15-17(4)26-25(16(2)3)32-27(37-26)18-6-8-20(9-7-18)28(29,30)31/h6-11,13-14,16-17H,5,12,15H2,1-4H3,(H,34,35)/t17-/m0/s1. The van der Waals surface area contributed by atoms with E-state index in [1.165, 1.54) is 23.5 Å². The Morgan fingerprint density at radius 1 is 1.14 bits per heavy atom. The van der Waals surface area contributed by atoms with Crippen LogP contribution >= 0.6 is 11.3 Å². The van der Waals surface area contributed by atoms with Gasteiger partial charge in [0.05, 0.1) is 29.8 Å². The molecule has 9 heteroatoms. The summed E-state index contributed by atoms with van der Waals surface area (Å²) in [5.74, 6) is -0.0267. The van der Waals surface area contributed by atoms with Crippen molar-refractivity contribution in [3.8, 4) is 16.3 Å². The van der Waals surface area contributed by atoms with Crippen LogP contribution in [-0.4, -0.2) is 27.2 Å². The number of carboxylic acid groups (broad SMARTS) is 1. The van der Waals surface area contributed by atoms with Gasteiger partial charge in [-0.2, -0.15) is 13.2 Å². The molecule has 2 aromatic heterocycles. The molecule has 2 aromatic carbocycles. The molecule has 0 unspecified atom stereocenters. The van der Waals surface area contributed by atoms with Crippen LogP contribution in [0.1, 0.15) is 61.2 Å². The summed E-state index contributed by atoms with van der Waals surface area (Å²) in [6.07, 6.45) is -2.54. The second kappa shape index (κ2) is 10.6. The molecule has 196 valence electrons. The number of aryl methyl sites for hydroxylation is 1. The van der Waals surface area contributed by atoms with E-state index >= 15 is 0 Å². The summed E-state index contributed by atoms with van der Waals surface area (Å²) >= 11 is 1.48. The molecular formula is C28H29F3N2O3S. The summed E-state index contributed by atoms with van der Waals surface area (Å²) in [4.78, 5) is 17.0. The van der Waals surface area contributed by atoms with Gasteiger partial charge in [-0.25, -0.2) is 4.98 Å². The predicted octanol–water partition coefficient (Wildman–Crippen LogP) is 7.74. The third-order valence-corrected chi connectivity index (χ3v) is 7.61. The zero-order valence-corrected chi connectivity index (χ0v) is 21.9. The maximum atomic E-state index is 13.0. The first kappa shape index (κ1) is 26.7. The van der Waals surface area contributed by atoms with Gasteiger partial charge in [0.25, 0.3) is 0 Å². The van der Waals surface area contributed by atoms with Crippen molar-refractivity contribution in [2.45, 2.75) is 58.7 Å². The Labute approximate surface area is 217 Å². The van der Waals surface area contributed by atoms with Crippen molar-refractivity contribution in [1.82, 2.24) is 9.55 Å². The van der Waals surface area contributed by atoms with E-state index in [1.54, 1.807) is 0 Å². The summed E-state index contributed by atoms with van der Waals surface area (Å²) in [6.45, 7) is 9.25. The summed E-state index contributed by atoms with van der Waals surface area (Å²) in [5, 5.41) is 10.8. The second-order valence-electron chi connectivity index (χ2n) is 9.40. The minimum Gasteiger partial charge on any atom is -0.493 e. The Balaban J connectivity index is 1.55. The van der Waals surface area contributed by atoms with Gasteiger partial charge in [0.15, 0.2) is 0 Å². The molecule has 0 aliphatic rings. The predicted molar refractivity (Wildman–Crippen MR) is 140 cm³/mol. The van der Waals surface area contributed by atoms with Crippen LogP contribution in [0.5, 0.6) is 5.75 Å². The molecule has 0 spiro atoms. The van der Waals surface area contributed by atoms with Crippen LogP contribution in [0.15, 0.2) is 48.7 Å². The molecule has 0 aliphatic carbocycles. The third kappa shape index (κ3) is 5.82. The zero-order valence-electron chi connectivity index (χ0n) is 21.1. The Morgan fingerprint density at radius 2 is 1.84 bits per heavy atom. The molecule has 0 radical (unpaired) electrons. The lowest BCUT2D eigenvalue weighted by atomic mass is 10.0. The minimum absolute atomic E-state index is 0.00864. The van der Waals surface area contributed by atoms with Gasteiger partial charge in [-0.1, -0.05) is 32.9 Å². The number of hydrogen-bond acceptors (Lipinski definition) is 4. The van der Waals surface area contributed by atoms with E-state index in [9.17, 15) is 23.1 Å². The van der Waals surface area contributed by atoms with Crippen LogP contribution < -0.4 is 4.74 Å². The fraction of sp³-hybridized carbons (Fsp3) is 0.357. The molecule has 1 atom stereocenters. The van der Waals surface area contributed by atoms with Gasteiger partial charge in [-0.15, -0.1) is 11.3 Å². The number of benzene rings is 2. The smallest absolute Gasteiger partial charge is 0.416 e. The van der Waals surface area contributed by atoms with E-state index in [2.05, 4.69) is 0 Å². The summed E-state index contributed by atoms with van der Waals surface area (Å²) in [5.41, 5.74) is 2.59. The molecule has 1 N–H and O–H groups in total. The summed E-state index contributed by atoms with van der Waals surface area (Å²) in [7, 11) is 0.